The zero-order chi connectivity index (χ0) is 13.8. The molecule has 6 nitrogen and oxygen atoms in total. The molecule has 0 unspecified atom stereocenters. The van der Waals surface area contributed by atoms with Crippen LogP contribution in [0.25, 0.3) is 0 Å². The lowest BCUT2D eigenvalue weighted by molar-refractivity contribution is 0.0660. The number of furan rings is 1. The van der Waals surface area contributed by atoms with Gasteiger partial charge in [0.15, 0.2) is 5.76 Å². The molecule has 1 aromatic carbocycles. The van der Waals surface area contributed by atoms with Crippen LogP contribution >= 0.6 is 0 Å². The van der Waals surface area contributed by atoms with E-state index in [-0.39, 0.29) is 11.5 Å². The van der Waals surface area contributed by atoms with Crippen LogP contribution in [0.3, 0.4) is 0 Å². The molecule has 2 aromatic rings. The molecule has 2 rings (SSSR count). The van der Waals surface area contributed by atoms with Gasteiger partial charge in [-0.05, 0) is 36.4 Å². The van der Waals surface area contributed by atoms with Crippen LogP contribution in [-0.4, -0.2) is 17.0 Å². The summed E-state index contributed by atoms with van der Waals surface area (Å²) in [6.07, 6.45) is 0. The van der Waals surface area contributed by atoms with Gasteiger partial charge in [-0.15, -0.1) is 0 Å². The molecule has 1 amide bonds. The summed E-state index contributed by atoms with van der Waals surface area (Å²) in [5.74, 6) is -2.19. The van der Waals surface area contributed by atoms with Gasteiger partial charge in [-0.2, -0.15) is 5.26 Å². The number of rotatable bonds is 3. The zero-order valence-corrected chi connectivity index (χ0v) is 9.58. The van der Waals surface area contributed by atoms with Crippen molar-refractivity contribution in [3.8, 4) is 6.07 Å². The first kappa shape index (κ1) is 12.4. The van der Waals surface area contributed by atoms with Gasteiger partial charge in [-0.3, -0.25) is 4.79 Å². The third kappa shape index (κ3) is 2.79. The van der Waals surface area contributed by atoms with E-state index in [0.717, 1.165) is 0 Å². The molecule has 0 atom stereocenters. The number of carbonyl (C=O) groups is 2. The summed E-state index contributed by atoms with van der Waals surface area (Å²) in [7, 11) is 0. The van der Waals surface area contributed by atoms with Gasteiger partial charge in [-0.1, -0.05) is 0 Å². The summed E-state index contributed by atoms with van der Waals surface area (Å²) in [5.41, 5.74) is 0.960. The molecule has 0 bridgehead atoms. The van der Waals surface area contributed by atoms with Crippen LogP contribution in [0.5, 0.6) is 0 Å². The Morgan fingerprint density at radius 3 is 2.26 bits per heavy atom. The Bertz CT molecular complexity index is 665. The fourth-order valence-electron chi connectivity index (χ4n) is 1.40. The minimum absolute atomic E-state index is 0.0956. The lowest BCUT2D eigenvalue weighted by atomic mass is 10.2. The van der Waals surface area contributed by atoms with Gasteiger partial charge in [-0.25, -0.2) is 4.79 Å². The molecular formula is C13H8N2O4. The van der Waals surface area contributed by atoms with Crippen molar-refractivity contribution < 1.29 is 19.1 Å². The molecular weight excluding hydrogens is 248 g/mol. The highest BCUT2D eigenvalue weighted by Gasteiger charge is 2.14. The zero-order valence-electron chi connectivity index (χ0n) is 9.58. The normalized spacial score (nSPS) is 9.63. The first-order chi connectivity index (χ1) is 9.10. The highest BCUT2D eigenvalue weighted by atomic mass is 16.4. The van der Waals surface area contributed by atoms with E-state index in [2.05, 4.69) is 5.32 Å². The van der Waals surface area contributed by atoms with Gasteiger partial charge >= 0.3 is 5.97 Å². The number of hydrogen-bond acceptors (Lipinski definition) is 4. The quantitative estimate of drug-likeness (QED) is 0.875. The Labute approximate surface area is 107 Å². The van der Waals surface area contributed by atoms with Crippen molar-refractivity contribution >= 4 is 17.6 Å². The number of carbonyl (C=O) groups excluding carboxylic acids is 1. The second kappa shape index (κ2) is 5.06. The van der Waals surface area contributed by atoms with Crippen LogP contribution in [0, 0.1) is 11.3 Å². The molecule has 6 heteroatoms. The molecule has 0 aliphatic heterocycles. The maximum Gasteiger partial charge on any atom is 0.371 e. The molecule has 19 heavy (non-hydrogen) atoms. The predicted molar refractivity (Wildman–Crippen MR) is 64.8 cm³/mol. The number of amides is 1. The molecule has 0 saturated carbocycles. The Balaban J connectivity index is 2.11. The molecule has 2 N–H and O–H groups in total. The van der Waals surface area contributed by atoms with Crippen molar-refractivity contribution in [2.75, 3.05) is 5.32 Å². The van der Waals surface area contributed by atoms with Crippen LogP contribution in [0.1, 0.15) is 26.7 Å². The molecule has 0 fully saturated rings. The lowest BCUT2D eigenvalue weighted by Gasteiger charge is -2.02. The maximum atomic E-state index is 11.7. The number of benzene rings is 1. The van der Waals surface area contributed by atoms with Crippen molar-refractivity contribution in [2.45, 2.75) is 0 Å². The van der Waals surface area contributed by atoms with E-state index in [1.807, 2.05) is 6.07 Å². The van der Waals surface area contributed by atoms with E-state index in [4.69, 9.17) is 14.8 Å². The van der Waals surface area contributed by atoms with Crippen molar-refractivity contribution in [3.05, 3.63) is 53.5 Å². The first-order valence-corrected chi connectivity index (χ1v) is 5.25. The minimum Gasteiger partial charge on any atom is -0.475 e. The summed E-state index contributed by atoms with van der Waals surface area (Å²) in [6, 6.07) is 10.7. The topological polar surface area (TPSA) is 103 Å². The molecule has 0 saturated heterocycles. The van der Waals surface area contributed by atoms with Gasteiger partial charge < -0.3 is 14.8 Å². The number of aromatic carboxylic acids is 1. The highest BCUT2D eigenvalue weighted by Crippen LogP contribution is 2.13. The van der Waals surface area contributed by atoms with Gasteiger partial charge in [0.25, 0.3) is 5.91 Å². The summed E-state index contributed by atoms with van der Waals surface area (Å²) in [4.78, 5) is 22.4. The third-order valence-corrected chi connectivity index (χ3v) is 2.31. The lowest BCUT2D eigenvalue weighted by Crippen LogP contribution is -2.10. The minimum atomic E-state index is -1.24. The van der Waals surface area contributed by atoms with Gasteiger partial charge in [0.1, 0.15) is 0 Å². The van der Waals surface area contributed by atoms with Gasteiger partial charge in [0.05, 0.1) is 11.6 Å². The summed E-state index contributed by atoms with van der Waals surface area (Å²) in [5, 5.41) is 19.8. The number of carboxylic acids is 1. The number of anilines is 1. The number of nitrogens with one attached hydrogen (secondary N) is 1. The average molecular weight is 256 g/mol. The van der Waals surface area contributed by atoms with E-state index in [0.29, 0.717) is 11.3 Å². The van der Waals surface area contributed by atoms with E-state index in [1.54, 1.807) is 24.3 Å². The number of nitrogens with zero attached hydrogens (tertiary/aromatic N) is 1. The third-order valence-electron chi connectivity index (χ3n) is 2.31. The molecule has 1 aromatic heterocycles. The van der Waals surface area contributed by atoms with E-state index in [9.17, 15) is 9.59 Å². The molecule has 0 radical (unpaired) electrons. The van der Waals surface area contributed by atoms with Crippen molar-refractivity contribution in [2.24, 2.45) is 0 Å². The smallest absolute Gasteiger partial charge is 0.371 e. The fourth-order valence-corrected chi connectivity index (χ4v) is 1.40. The molecule has 0 spiro atoms. The van der Waals surface area contributed by atoms with Crippen LogP contribution in [-0.2, 0) is 0 Å². The van der Waals surface area contributed by atoms with Crippen molar-refractivity contribution in [1.29, 1.82) is 5.26 Å². The van der Waals surface area contributed by atoms with Crippen LogP contribution in [0.15, 0.2) is 40.8 Å². The predicted octanol–water partition coefficient (Wildman–Crippen LogP) is 2.10. The Hall–Kier alpha value is -3.07. The van der Waals surface area contributed by atoms with Crippen LogP contribution < -0.4 is 5.32 Å². The second-order valence-electron chi connectivity index (χ2n) is 3.61. The largest absolute Gasteiger partial charge is 0.475 e. The Morgan fingerprint density at radius 1 is 1.11 bits per heavy atom. The average Bonchev–Trinajstić information content (AvgIpc) is 2.89. The number of nitriles is 1. The first-order valence-electron chi connectivity index (χ1n) is 5.25. The highest BCUT2D eigenvalue weighted by molar-refractivity contribution is 6.02. The number of carboxylic acid groups (broad SMARTS) is 1. The van der Waals surface area contributed by atoms with E-state index in [1.165, 1.54) is 12.1 Å². The van der Waals surface area contributed by atoms with Crippen LogP contribution in [0.4, 0.5) is 5.69 Å². The SMILES string of the molecule is N#Cc1ccc(NC(=O)c2ccc(C(=O)O)o2)cc1. The molecule has 94 valence electrons. The van der Waals surface area contributed by atoms with Gasteiger partial charge in [0.2, 0.25) is 5.76 Å². The van der Waals surface area contributed by atoms with E-state index >= 15 is 0 Å². The molecule has 0 aliphatic rings. The van der Waals surface area contributed by atoms with Crippen LogP contribution in [0.2, 0.25) is 0 Å². The van der Waals surface area contributed by atoms with E-state index < -0.39 is 11.9 Å². The monoisotopic (exact) mass is 256 g/mol. The summed E-state index contributed by atoms with van der Waals surface area (Å²) in [6.45, 7) is 0. The van der Waals surface area contributed by atoms with Gasteiger partial charge in [0, 0.05) is 5.69 Å². The standard InChI is InChI=1S/C13H8N2O4/c14-7-8-1-3-9(4-2-8)15-12(16)10-5-6-11(19-10)13(17)18/h1-6H,(H,15,16)(H,17,18). The Morgan fingerprint density at radius 2 is 1.74 bits per heavy atom. The number of hydrogen-bond donors (Lipinski definition) is 2. The molecule has 0 aliphatic carbocycles. The van der Waals surface area contributed by atoms with Crippen molar-refractivity contribution in [3.63, 3.8) is 0 Å². The summed E-state index contributed by atoms with van der Waals surface area (Å²) >= 11 is 0. The second-order valence-corrected chi connectivity index (χ2v) is 3.61. The fraction of sp³-hybridized carbons (Fsp3) is 0. The maximum absolute atomic E-state index is 11.7. The summed E-state index contributed by atoms with van der Waals surface area (Å²) < 4.78 is 4.86. The molecule has 1 heterocycles. The van der Waals surface area contributed by atoms with Crippen molar-refractivity contribution in [1.82, 2.24) is 0 Å². The Kier molecular flexibility index (Phi) is 3.30.